The van der Waals surface area contributed by atoms with Gasteiger partial charge in [-0.3, -0.25) is 0 Å². The zero-order chi connectivity index (χ0) is 11.6. The first-order valence-electron chi connectivity index (χ1n) is 3.55. The van der Waals surface area contributed by atoms with Crippen molar-refractivity contribution in [2.24, 2.45) is 0 Å². The van der Waals surface area contributed by atoms with Crippen LogP contribution in [-0.2, 0) is 4.74 Å². The lowest BCUT2D eigenvalue weighted by molar-refractivity contribution is 0.0317. The lowest BCUT2D eigenvalue weighted by Crippen LogP contribution is -2.10. The molecule has 0 atom stereocenters. The second kappa shape index (κ2) is 4.24. The number of hydrogen-bond donors (Lipinski definition) is 0. The third kappa shape index (κ3) is 2.05. The molecule has 0 heterocycles. The summed E-state index contributed by atoms with van der Waals surface area (Å²) in [7, 11) is 0. The topological polar surface area (TPSA) is 26.3 Å². The maximum Gasteiger partial charge on any atom is 0.343 e. The van der Waals surface area contributed by atoms with Gasteiger partial charge in [0, 0.05) is 0 Å². The van der Waals surface area contributed by atoms with Crippen LogP contribution in [0.2, 0.25) is 0 Å². The average molecular weight is 226 g/mol. The summed E-state index contributed by atoms with van der Waals surface area (Å²) in [6.07, 6.45) is 0. The van der Waals surface area contributed by atoms with Crippen LogP contribution in [0.3, 0.4) is 0 Å². The molecule has 0 aromatic heterocycles. The van der Waals surface area contributed by atoms with Gasteiger partial charge in [-0.1, -0.05) is 0 Å². The Balaban J connectivity index is 3.26. The summed E-state index contributed by atoms with van der Waals surface area (Å²) in [6, 6.07) is 0.0890. The molecule has 0 radical (unpaired) electrons. The van der Waals surface area contributed by atoms with E-state index in [4.69, 9.17) is 0 Å². The van der Waals surface area contributed by atoms with Crippen LogP contribution in [0.4, 0.5) is 22.0 Å². The van der Waals surface area contributed by atoms with E-state index in [0.717, 1.165) is 0 Å². The van der Waals surface area contributed by atoms with E-state index < -0.39 is 41.7 Å². The summed E-state index contributed by atoms with van der Waals surface area (Å²) in [4.78, 5) is 10.7. The van der Waals surface area contributed by atoms with Gasteiger partial charge in [0.05, 0.1) is 0 Å². The van der Waals surface area contributed by atoms with Gasteiger partial charge in [0.25, 0.3) is 0 Å². The van der Waals surface area contributed by atoms with Crippen LogP contribution < -0.4 is 0 Å². The van der Waals surface area contributed by atoms with Gasteiger partial charge in [-0.05, 0) is 6.07 Å². The second-order valence-corrected chi connectivity index (χ2v) is 2.39. The third-order valence-corrected chi connectivity index (χ3v) is 1.51. The number of halogens is 5. The molecule has 15 heavy (non-hydrogen) atoms. The Morgan fingerprint density at radius 2 is 1.73 bits per heavy atom. The van der Waals surface area contributed by atoms with Gasteiger partial charge in [-0.2, -0.15) is 0 Å². The molecule has 1 aromatic rings. The quantitative estimate of drug-likeness (QED) is 0.335. The summed E-state index contributed by atoms with van der Waals surface area (Å²) >= 11 is 0. The van der Waals surface area contributed by atoms with E-state index >= 15 is 0 Å². The molecule has 0 N–H and O–H groups in total. The molecule has 0 aliphatic heterocycles. The Morgan fingerprint density at radius 3 is 2.27 bits per heavy atom. The predicted octanol–water partition coefficient (Wildman–Crippen LogP) is 2.33. The van der Waals surface area contributed by atoms with Gasteiger partial charge in [0.15, 0.2) is 23.3 Å². The number of ether oxygens (including phenoxy) is 1. The van der Waals surface area contributed by atoms with Gasteiger partial charge in [0.2, 0.25) is 6.86 Å². The van der Waals surface area contributed by atoms with Crippen LogP contribution in [-0.4, -0.2) is 12.8 Å². The molecule has 0 aliphatic carbocycles. The van der Waals surface area contributed by atoms with Crippen LogP contribution in [0, 0.1) is 23.3 Å². The first-order chi connectivity index (χ1) is 6.99. The number of carbonyl (C=O) groups is 1. The van der Waals surface area contributed by atoms with Gasteiger partial charge >= 0.3 is 5.97 Å². The summed E-state index contributed by atoms with van der Waals surface area (Å²) in [5.74, 6) is -9.51. The average Bonchev–Trinajstić information content (AvgIpc) is 2.20. The van der Waals surface area contributed by atoms with E-state index in [-0.39, 0.29) is 6.07 Å². The molecule has 1 aromatic carbocycles. The van der Waals surface area contributed by atoms with Crippen molar-refractivity contribution in [1.29, 1.82) is 0 Å². The highest BCUT2D eigenvalue weighted by molar-refractivity contribution is 5.89. The van der Waals surface area contributed by atoms with Crippen molar-refractivity contribution in [2.75, 3.05) is 6.86 Å². The van der Waals surface area contributed by atoms with Gasteiger partial charge < -0.3 is 4.74 Å². The van der Waals surface area contributed by atoms with Crippen molar-refractivity contribution in [1.82, 2.24) is 0 Å². The zero-order valence-electron chi connectivity index (χ0n) is 6.99. The minimum atomic E-state index is -2.15. The zero-order valence-corrected chi connectivity index (χ0v) is 6.99. The molecule has 0 saturated carbocycles. The Labute approximate surface area is 80.3 Å². The molecule has 0 bridgehead atoms. The summed E-state index contributed by atoms with van der Waals surface area (Å²) < 4.78 is 65.5. The molecule has 0 spiro atoms. The second-order valence-electron chi connectivity index (χ2n) is 2.39. The molecule has 2 nitrogen and oxygen atoms in total. The minimum Gasteiger partial charge on any atom is -0.430 e. The van der Waals surface area contributed by atoms with E-state index in [1.807, 2.05) is 0 Å². The Kier molecular flexibility index (Phi) is 3.23. The largest absolute Gasteiger partial charge is 0.430 e. The molecule has 0 aliphatic rings. The van der Waals surface area contributed by atoms with Crippen molar-refractivity contribution >= 4 is 5.97 Å². The van der Waals surface area contributed by atoms with Crippen LogP contribution in [0.15, 0.2) is 6.07 Å². The fraction of sp³-hybridized carbons (Fsp3) is 0.125. The minimum absolute atomic E-state index is 0.0890. The maximum atomic E-state index is 12.8. The van der Waals surface area contributed by atoms with Gasteiger partial charge in [-0.25, -0.2) is 26.7 Å². The van der Waals surface area contributed by atoms with Gasteiger partial charge in [0.1, 0.15) is 5.56 Å². The highest BCUT2D eigenvalue weighted by Crippen LogP contribution is 2.19. The number of benzene rings is 1. The highest BCUT2D eigenvalue weighted by atomic mass is 19.2. The molecule has 0 fully saturated rings. The molecule has 1 rings (SSSR count). The van der Waals surface area contributed by atoms with E-state index in [2.05, 4.69) is 4.74 Å². The molecular formula is C8H3F5O2. The molecule has 0 saturated heterocycles. The van der Waals surface area contributed by atoms with Crippen molar-refractivity contribution in [3.63, 3.8) is 0 Å². The number of hydrogen-bond acceptors (Lipinski definition) is 2. The van der Waals surface area contributed by atoms with Gasteiger partial charge in [-0.15, -0.1) is 0 Å². The van der Waals surface area contributed by atoms with E-state index in [1.165, 1.54) is 0 Å². The molecule has 0 amide bonds. The fourth-order valence-corrected chi connectivity index (χ4v) is 0.849. The fourth-order valence-electron chi connectivity index (χ4n) is 0.849. The lowest BCUT2D eigenvalue weighted by atomic mass is 10.2. The van der Waals surface area contributed by atoms with Crippen molar-refractivity contribution in [2.45, 2.75) is 0 Å². The standard InChI is InChI=1S/C8H3F5O2/c9-2-15-8(14)3-1-4(10)6(12)7(13)5(3)11/h1H,2H2. The van der Waals surface area contributed by atoms with E-state index in [0.29, 0.717) is 0 Å². The number of rotatable bonds is 2. The molecule has 0 unspecified atom stereocenters. The summed E-state index contributed by atoms with van der Waals surface area (Å²) in [5, 5.41) is 0. The molecule has 82 valence electrons. The van der Waals surface area contributed by atoms with Crippen molar-refractivity contribution < 1.29 is 31.5 Å². The number of carbonyl (C=O) groups excluding carboxylic acids is 1. The Bertz CT molecular complexity index is 405. The number of alkyl halides is 1. The smallest absolute Gasteiger partial charge is 0.343 e. The first kappa shape index (κ1) is 11.4. The highest BCUT2D eigenvalue weighted by Gasteiger charge is 2.23. The van der Waals surface area contributed by atoms with Crippen LogP contribution in [0.5, 0.6) is 0 Å². The summed E-state index contributed by atoms with van der Waals surface area (Å²) in [6.45, 7) is -1.58. The number of esters is 1. The Morgan fingerprint density at radius 1 is 1.13 bits per heavy atom. The monoisotopic (exact) mass is 226 g/mol. The van der Waals surface area contributed by atoms with Crippen molar-refractivity contribution in [3.05, 3.63) is 34.9 Å². The van der Waals surface area contributed by atoms with Crippen molar-refractivity contribution in [3.8, 4) is 0 Å². The van der Waals surface area contributed by atoms with Crippen LogP contribution in [0.1, 0.15) is 10.4 Å². The van der Waals surface area contributed by atoms with Crippen LogP contribution in [0.25, 0.3) is 0 Å². The normalized spacial score (nSPS) is 10.2. The van der Waals surface area contributed by atoms with E-state index in [1.54, 1.807) is 0 Å². The predicted molar refractivity (Wildman–Crippen MR) is 37.7 cm³/mol. The molecule has 7 heteroatoms. The SMILES string of the molecule is O=C(OCF)c1cc(F)c(F)c(F)c1F. The lowest BCUT2D eigenvalue weighted by Gasteiger charge is -2.03. The van der Waals surface area contributed by atoms with Crippen LogP contribution >= 0.6 is 0 Å². The third-order valence-electron chi connectivity index (χ3n) is 1.51. The Hall–Kier alpha value is -1.66. The maximum absolute atomic E-state index is 12.8. The van der Waals surface area contributed by atoms with E-state index in [9.17, 15) is 26.7 Å². The molecular weight excluding hydrogens is 223 g/mol. The first-order valence-corrected chi connectivity index (χ1v) is 3.55. The summed E-state index contributed by atoms with van der Waals surface area (Å²) in [5.41, 5.74) is -1.20.